The van der Waals surface area contributed by atoms with Crippen LogP contribution in [0.15, 0.2) is 24.3 Å². The van der Waals surface area contributed by atoms with Gasteiger partial charge >= 0.3 is 5.97 Å². The number of hydrogen-bond donors (Lipinski definition) is 2. The van der Waals surface area contributed by atoms with Crippen LogP contribution in [0.1, 0.15) is 12.0 Å². The number of carbonyl (C=O) groups is 2. The van der Waals surface area contributed by atoms with Crippen molar-refractivity contribution in [2.75, 3.05) is 32.6 Å². The summed E-state index contributed by atoms with van der Waals surface area (Å²) in [6.45, 7) is 1.02. The molecule has 0 fully saturated rings. The van der Waals surface area contributed by atoms with Gasteiger partial charge in [-0.3, -0.25) is 14.5 Å². The van der Waals surface area contributed by atoms with Crippen molar-refractivity contribution in [2.24, 2.45) is 5.73 Å². The molecule has 0 aliphatic rings. The van der Waals surface area contributed by atoms with Crippen LogP contribution >= 0.6 is 0 Å². The number of amides is 1. The SMILES string of the molecule is COC(=O)CN(C)CCC(=O)Nc1ccccc1CN. The van der Waals surface area contributed by atoms with Crippen molar-refractivity contribution >= 4 is 17.6 Å². The van der Waals surface area contributed by atoms with Crippen LogP contribution in [0.25, 0.3) is 0 Å². The lowest BCUT2D eigenvalue weighted by atomic mass is 10.1. The Kier molecular flexibility index (Phi) is 6.69. The summed E-state index contributed by atoms with van der Waals surface area (Å²) >= 11 is 0. The highest BCUT2D eigenvalue weighted by molar-refractivity contribution is 5.91. The molecule has 0 spiro atoms. The first-order chi connectivity index (χ1) is 9.56. The number of nitrogens with zero attached hydrogens (tertiary/aromatic N) is 1. The van der Waals surface area contributed by atoms with Crippen LogP contribution in [-0.4, -0.2) is 44.0 Å². The maximum atomic E-state index is 11.8. The number of likely N-dealkylation sites (N-methyl/N-ethyl adjacent to an activating group) is 1. The Labute approximate surface area is 118 Å². The Morgan fingerprint density at radius 1 is 1.35 bits per heavy atom. The smallest absolute Gasteiger partial charge is 0.319 e. The molecule has 110 valence electrons. The number of esters is 1. The van der Waals surface area contributed by atoms with E-state index in [-0.39, 0.29) is 18.4 Å². The molecule has 1 rings (SSSR count). The second-order valence-corrected chi connectivity index (χ2v) is 4.47. The molecule has 0 atom stereocenters. The monoisotopic (exact) mass is 279 g/mol. The fraction of sp³-hybridized carbons (Fsp3) is 0.429. The zero-order valence-corrected chi connectivity index (χ0v) is 11.9. The van der Waals surface area contributed by atoms with E-state index >= 15 is 0 Å². The lowest BCUT2D eigenvalue weighted by molar-refractivity contribution is -0.141. The Balaban J connectivity index is 2.42. The van der Waals surface area contributed by atoms with Crippen molar-refractivity contribution in [3.63, 3.8) is 0 Å². The first-order valence-electron chi connectivity index (χ1n) is 6.40. The van der Waals surface area contributed by atoms with Gasteiger partial charge in [-0.15, -0.1) is 0 Å². The van der Waals surface area contributed by atoms with Gasteiger partial charge in [-0.25, -0.2) is 0 Å². The van der Waals surface area contributed by atoms with Gasteiger partial charge in [-0.2, -0.15) is 0 Å². The number of ether oxygens (including phenoxy) is 1. The van der Waals surface area contributed by atoms with Crippen LogP contribution in [-0.2, 0) is 20.9 Å². The summed E-state index contributed by atoms with van der Waals surface area (Å²) < 4.78 is 4.56. The highest BCUT2D eigenvalue weighted by Crippen LogP contribution is 2.14. The standard InChI is InChI=1S/C14H21N3O3/c1-17(10-14(19)20-2)8-7-13(18)16-12-6-4-3-5-11(12)9-15/h3-6H,7-10,15H2,1-2H3,(H,16,18). The van der Waals surface area contributed by atoms with Crippen LogP contribution in [0.4, 0.5) is 5.69 Å². The zero-order chi connectivity index (χ0) is 15.0. The second kappa shape index (κ2) is 8.29. The summed E-state index contributed by atoms with van der Waals surface area (Å²) in [6, 6.07) is 7.41. The van der Waals surface area contributed by atoms with Crippen LogP contribution in [0, 0.1) is 0 Å². The van der Waals surface area contributed by atoms with Crippen molar-refractivity contribution < 1.29 is 14.3 Å². The largest absolute Gasteiger partial charge is 0.468 e. The molecule has 6 nitrogen and oxygen atoms in total. The summed E-state index contributed by atoms with van der Waals surface area (Å²) in [6.07, 6.45) is 0.298. The Morgan fingerprint density at radius 2 is 2.05 bits per heavy atom. The number of nitrogens with one attached hydrogen (secondary N) is 1. The average Bonchev–Trinajstić information content (AvgIpc) is 2.45. The van der Waals surface area contributed by atoms with E-state index in [0.29, 0.717) is 19.5 Å². The Hall–Kier alpha value is -1.92. The van der Waals surface area contributed by atoms with Crippen molar-refractivity contribution in [1.29, 1.82) is 0 Å². The van der Waals surface area contributed by atoms with Gasteiger partial charge in [0.15, 0.2) is 0 Å². The molecule has 1 amide bonds. The van der Waals surface area contributed by atoms with Gasteiger partial charge in [0.25, 0.3) is 0 Å². The fourth-order valence-corrected chi connectivity index (χ4v) is 1.69. The number of rotatable bonds is 7. The molecule has 0 saturated heterocycles. The Bertz CT molecular complexity index is 463. The zero-order valence-electron chi connectivity index (χ0n) is 11.9. The topological polar surface area (TPSA) is 84.7 Å². The normalized spacial score (nSPS) is 10.4. The third kappa shape index (κ3) is 5.38. The molecule has 20 heavy (non-hydrogen) atoms. The summed E-state index contributed by atoms with van der Waals surface area (Å²) in [7, 11) is 3.10. The van der Waals surface area contributed by atoms with Crippen LogP contribution < -0.4 is 11.1 Å². The third-order valence-corrected chi connectivity index (χ3v) is 2.86. The van der Waals surface area contributed by atoms with Gasteiger partial charge in [-0.05, 0) is 18.7 Å². The lowest BCUT2D eigenvalue weighted by Gasteiger charge is -2.15. The molecule has 0 saturated carbocycles. The summed E-state index contributed by atoms with van der Waals surface area (Å²) in [5.74, 6) is -0.427. The molecular weight excluding hydrogens is 258 g/mol. The molecule has 0 aromatic heterocycles. The van der Waals surface area contributed by atoms with Crippen LogP contribution in [0.2, 0.25) is 0 Å². The Morgan fingerprint density at radius 3 is 2.70 bits per heavy atom. The quantitative estimate of drug-likeness (QED) is 0.713. The molecule has 6 heteroatoms. The maximum Gasteiger partial charge on any atom is 0.319 e. The van der Waals surface area contributed by atoms with E-state index in [0.717, 1.165) is 11.3 Å². The maximum absolute atomic E-state index is 11.8. The third-order valence-electron chi connectivity index (χ3n) is 2.86. The van der Waals surface area contributed by atoms with Crippen molar-refractivity contribution in [3.8, 4) is 0 Å². The number of hydrogen-bond acceptors (Lipinski definition) is 5. The predicted molar refractivity (Wildman–Crippen MR) is 77.1 cm³/mol. The van der Waals surface area contributed by atoms with Crippen molar-refractivity contribution in [3.05, 3.63) is 29.8 Å². The highest BCUT2D eigenvalue weighted by atomic mass is 16.5. The summed E-state index contributed by atoms with van der Waals surface area (Å²) in [5.41, 5.74) is 7.23. The highest BCUT2D eigenvalue weighted by Gasteiger charge is 2.10. The van der Waals surface area contributed by atoms with Gasteiger partial charge in [-0.1, -0.05) is 18.2 Å². The lowest BCUT2D eigenvalue weighted by Crippen LogP contribution is -2.30. The fourth-order valence-electron chi connectivity index (χ4n) is 1.69. The molecule has 1 aromatic rings. The summed E-state index contributed by atoms with van der Waals surface area (Å²) in [4.78, 5) is 24.6. The first-order valence-corrected chi connectivity index (χ1v) is 6.40. The van der Waals surface area contributed by atoms with Gasteiger partial charge in [0.05, 0.1) is 13.7 Å². The van der Waals surface area contributed by atoms with E-state index in [2.05, 4.69) is 10.1 Å². The minimum Gasteiger partial charge on any atom is -0.468 e. The van der Waals surface area contributed by atoms with Crippen molar-refractivity contribution in [2.45, 2.75) is 13.0 Å². The van der Waals surface area contributed by atoms with Gasteiger partial charge in [0, 0.05) is 25.2 Å². The van der Waals surface area contributed by atoms with Crippen LogP contribution in [0.3, 0.4) is 0 Å². The molecule has 1 aromatic carbocycles. The minimum atomic E-state index is -0.318. The van der Waals surface area contributed by atoms with E-state index in [4.69, 9.17) is 5.73 Å². The number of nitrogens with two attached hydrogens (primary N) is 1. The molecule has 0 radical (unpaired) electrons. The van der Waals surface area contributed by atoms with E-state index in [1.54, 1.807) is 11.9 Å². The van der Waals surface area contributed by atoms with Crippen molar-refractivity contribution in [1.82, 2.24) is 4.90 Å². The number of methoxy groups -OCH3 is 1. The van der Waals surface area contributed by atoms with Crippen LogP contribution in [0.5, 0.6) is 0 Å². The minimum absolute atomic E-state index is 0.109. The predicted octanol–water partition coefficient (Wildman–Crippen LogP) is 0.579. The first kappa shape index (κ1) is 16.1. The molecule has 0 heterocycles. The summed E-state index contributed by atoms with van der Waals surface area (Å²) in [5, 5.41) is 2.82. The molecule has 3 N–H and O–H groups in total. The number of benzene rings is 1. The van der Waals surface area contributed by atoms with E-state index < -0.39 is 0 Å². The number of carbonyl (C=O) groups excluding carboxylic acids is 2. The van der Waals surface area contributed by atoms with Gasteiger partial charge in [0.1, 0.15) is 0 Å². The molecule has 0 unspecified atom stereocenters. The molecular formula is C14H21N3O3. The molecule has 0 aliphatic carbocycles. The molecule has 0 aliphatic heterocycles. The van der Waals surface area contributed by atoms with E-state index in [1.807, 2.05) is 24.3 Å². The second-order valence-electron chi connectivity index (χ2n) is 4.47. The van der Waals surface area contributed by atoms with Gasteiger partial charge in [0.2, 0.25) is 5.91 Å². The van der Waals surface area contributed by atoms with Gasteiger partial charge < -0.3 is 15.8 Å². The number of para-hydroxylation sites is 1. The number of anilines is 1. The molecule has 0 bridgehead atoms. The van der Waals surface area contributed by atoms with E-state index in [1.165, 1.54) is 7.11 Å². The van der Waals surface area contributed by atoms with E-state index in [9.17, 15) is 9.59 Å². The average molecular weight is 279 g/mol.